The van der Waals surface area contributed by atoms with Crippen molar-refractivity contribution in [1.29, 1.82) is 0 Å². The molecule has 4 nitrogen and oxygen atoms in total. The summed E-state index contributed by atoms with van der Waals surface area (Å²) in [6.07, 6.45) is 0. The second-order valence-corrected chi connectivity index (χ2v) is 5.26. The van der Waals surface area contributed by atoms with E-state index >= 15 is 0 Å². The van der Waals surface area contributed by atoms with Crippen LogP contribution in [0, 0.1) is 12.8 Å². The molecule has 2 N–H and O–H groups in total. The second-order valence-electron chi connectivity index (χ2n) is 5.26. The summed E-state index contributed by atoms with van der Waals surface area (Å²) in [5.74, 6) is 0.289. The highest BCUT2D eigenvalue weighted by Crippen LogP contribution is 2.16. The highest BCUT2D eigenvalue weighted by molar-refractivity contribution is 5.95. The van der Waals surface area contributed by atoms with Crippen LogP contribution in [0.25, 0.3) is 0 Å². The molecule has 1 rings (SSSR count). The van der Waals surface area contributed by atoms with Crippen LogP contribution in [0.1, 0.15) is 36.7 Å². The highest BCUT2D eigenvalue weighted by Gasteiger charge is 2.17. The first kappa shape index (κ1) is 16.5. The van der Waals surface area contributed by atoms with E-state index in [0.29, 0.717) is 24.7 Å². The van der Waals surface area contributed by atoms with Crippen LogP contribution in [0.2, 0.25) is 0 Å². The Balaban J connectivity index is 2.75. The van der Waals surface area contributed by atoms with Gasteiger partial charge in [0.2, 0.25) is 0 Å². The fraction of sp³-hybridized carbons (Fsp3) is 0.562. The van der Waals surface area contributed by atoms with Crippen LogP contribution in [0.5, 0.6) is 0 Å². The number of benzene rings is 1. The minimum Gasteiger partial charge on any atom is -0.388 e. The quantitative estimate of drug-likeness (QED) is 0.806. The van der Waals surface area contributed by atoms with Gasteiger partial charge < -0.3 is 15.4 Å². The van der Waals surface area contributed by atoms with Crippen molar-refractivity contribution in [3.63, 3.8) is 0 Å². The third-order valence-electron chi connectivity index (χ3n) is 3.38. The molecule has 0 bridgehead atoms. The Morgan fingerprint density at radius 1 is 1.35 bits per heavy atom. The maximum atomic E-state index is 12.3. The number of hydrogen-bond donors (Lipinski definition) is 2. The molecule has 0 spiro atoms. The maximum absolute atomic E-state index is 12.3. The van der Waals surface area contributed by atoms with Crippen LogP contribution in [0.15, 0.2) is 18.2 Å². The predicted molar refractivity (Wildman–Crippen MR) is 83.3 cm³/mol. The van der Waals surface area contributed by atoms with Gasteiger partial charge >= 0.3 is 0 Å². The standard InChI is InChI=1S/C16H26N2O2/c1-6-20-10-15(11(2)3)18-16(19)13-7-8-14(17-5)12(4)9-13/h7-9,11,15,17H,6,10H2,1-5H3,(H,18,19). The third-order valence-corrected chi connectivity index (χ3v) is 3.38. The Morgan fingerprint density at radius 2 is 2.05 bits per heavy atom. The molecule has 0 fully saturated rings. The molecular formula is C16H26N2O2. The van der Waals surface area contributed by atoms with Crippen molar-refractivity contribution in [2.45, 2.75) is 33.7 Å². The molecule has 1 aromatic carbocycles. The zero-order valence-electron chi connectivity index (χ0n) is 13.1. The molecule has 0 aliphatic heterocycles. The number of ether oxygens (including phenoxy) is 1. The molecule has 1 aromatic rings. The average Bonchev–Trinajstić information content (AvgIpc) is 2.42. The summed E-state index contributed by atoms with van der Waals surface area (Å²) in [7, 11) is 1.87. The van der Waals surface area contributed by atoms with Gasteiger partial charge in [-0.05, 0) is 43.5 Å². The number of anilines is 1. The number of nitrogens with one attached hydrogen (secondary N) is 2. The van der Waals surface area contributed by atoms with E-state index in [1.165, 1.54) is 0 Å². The summed E-state index contributed by atoms with van der Waals surface area (Å²) in [4.78, 5) is 12.3. The lowest BCUT2D eigenvalue weighted by Gasteiger charge is -2.22. The van der Waals surface area contributed by atoms with Crippen LogP contribution in [-0.2, 0) is 4.74 Å². The summed E-state index contributed by atoms with van der Waals surface area (Å²) in [6.45, 7) is 9.32. The number of carbonyl (C=O) groups excluding carboxylic acids is 1. The van der Waals surface area contributed by atoms with Crippen molar-refractivity contribution >= 4 is 11.6 Å². The Labute approximate surface area is 121 Å². The number of amides is 1. The second kappa shape index (κ2) is 7.90. The first-order valence-electron chi connectivity index (χ1n) is 7.16. The van der Waals surface area contributed by atoms with Crippen molar-refractivity contribution in [1.82, 2.24) is 5.32 Å². The van der Waals surface area contributed by atoms with Crippen molar-refractivity contribution in [2.24, 2.45) is 5.92 Å². The van der Waals surface area contributed by atoms with E-state index in [4.69, 9.17) is 4.74 Å². The molecular weight excluding hydrogens is 252 g/mol. The van der Waals surface area contributed by atoms with Crippen molar-refractivity contribution in [2.75, 3.05) is 25.6 Å². The van der Waals surface area contributed by atoms with Gasteiger partial charge in [-0.2, -0.15) is 0 Å². The molecule has 20 heavy (non-hydrogen) atoms. The zero-order chi connectivity index (χ0) is 15.1. The fourth-order valence-electron chi connectivity index (χ4n) is 1.98. The highest BCUT2D eigenvalue weighted by atomic mass is 16.5. The minimum atomic E-state index is -0.0471. The molecule has 0 saturated heterocycles. The Hall–Kier alpha value is -1.55. The molecule has 0 aliphatic carbocycles. The van der Waals surface area contributed by atoms with Gasteiger partial charge in [-0.1, -0.05) is 13.8 Å². The van der Waals surface area contributed by atoms with Crippen LogP contribution in [0.4, 0.5) is 5.69 Å². The van der Waals surface area contributed by atoms with Crippen LogP contribution >= 0.6 is 0 Å². The van der Waals surface area contributed by atoms with Gasteiger partial charge in [0.1, 0.15) is 0 Å². The Bertz CT molecular complexity index is 444. The number of aryl methyl sites for hydroxylation is 1. The van der Waals surface area contributed by atoms with E-state index in [2.05, 4.69) is 24.5 Å². The Kier molecular flexibility index (Phi) is 6.52. The molecule has 0 heterocycles. The lowest BCUT2D eigenvalue weighted by Crippen LogP contribution is -2.41. The van der Waals surface area contributed by atoms with Crippen LogP contribution in [0.3, 0.4) is 0 Å². The lowest BCUT2D eigenvalue weighted by atomic mass is 10.0. The fourth-order valence-corrected chi connectivity index (χ4v) is 1.98. The molecule has 4 heteroatoms. The van der Waals surface area contributed by atoms with Crippen molar-refractivity contribution in [3.05, 3.63) is 29.3 Å². The first-order chi connectivity index (χ1) is 9.49. The summed E-state index contributed by atoms with van der Waals surface area (Å²) in [5.41, 5.74) is 2.78. The van der Waals surface area contributed by atoms with E-state index in [1.807, 2.05) is 39.1 Å². The van der Waals surface area contributed by atoms with Crippen LogP contribution < -0.4 is 10.6 Å². The molecule has 0 aliphatic rings. The molecule has 0 radical (unpaired) electrons. The van der Waals surface area contributed by atoms with Crippen molar-refractivity contribution < 1.29 is 9.53 Å². The van der Waals surface area contributed by atoms with E-state index in [1.54, 1.807) is 0 Å². The van der Waals surface area contributed by atoms with Gasteiger partial charge in [0, 0.05) is 24.9 Å². The van der Waals surface area contributed by atoms with E-state index < -0.39 is 0 Å². The monoisotopic (exact) mass is 278 g/mol. The van der Waals surface area contributed by atoms with Gasteiger partial charge in [-0.3, -0.25) is 4.79 Å². The largest absolute Gasteiger partial charge is 0.388 e. The van der Waals surface area contributed by atoms with Crippen molar-refractivity contribution in [3.8, 4) is 0 Å². The summed E-state index contributed by atoms with van der Waals surface area (Å²) in [5, 5.41) is 6.14. The normalized spacial score (nSPS) is 12.3. The number of carbonyl (C=O) groups is 1. The van der Waals surface area contributed by atoms with E-state index in [0.717, 1.165) is 11.3 Å². The topological polar surface area (TPSA) is 50.4 Å². The predicted octanol–water partition coefficient (Wildman–Crippen LogP) is 2.83. The molecule has 0 aromatic heterocycles. The van der Waals surface area contributed by atoms with Gasteiger partial charge in [-0.25, -0.2) is 0 Å². The average molecular weight is 278 g/mol. The van der Waals surface area contributed by atoms with Gasteiger partial charge in [0.15, 0.2) is 0 Å². The maximum Gasteiger partial charge on any atom is 0.251 e. The molecule has 112 valence electrons. The molecule has 1 unspecified atom stereocenters. The molecule has 1 amide bonds. The summed E-state index contributed by atoms with van der Waals surface area (Å²) < 4.78 is 5.43. The molecule has 1 atom stereocenters. The molecule has 0 saturated carbocycles. The SMILES string of the molecule is CCOCC(NC(=O)c1ccc(NC)c(C)c1)C(C)C. The van der Waals surface area contributed by atoms with E-state index in [-0.39, 0.29) is 11.9 Å². The minimum absolute atomic E-state index is 0.0340. The van der Waals surface area contributed by atoms with Gasteiger partial charge in [0.25, 0.3) is 5.91 Å². The van der Waals surface area contributed by atoms with E-state index in [9.17, 15) is 4.79 Å². The lowest BCUT2D eigenvalue weighted by molar-refractivity contribution is 0.0806. The first-order valence-corrected chi connectivity index (χ1v) is 7.16. The zero-order valence-corrected chi connectivity index (χ0v) is 13.1. The summed E-state index contributed by atoms with van der Waals surface area (Å²) in [6, 6.07) is 5.70. The van der Waals surface area contributed by atoms with Crippen LogP contribution in [-0.4, -0.2) is 32.2 Å². The number of hydrogen-bond acceptors (Lipinski definition) is 3. The number of rotatable bonds is 7. The van der Waals surface area contributed by atoms with Gasteiger partial charge in [-0.15, -0.1) is 0 Å². The third kappa shape index (κ3) is 4.53. The smallest absolute Gasteiger partial charge is 0.251 e. The summed E-state index contributed by atoms with van der Waals surface area (Å²) >= 11 is 0. The Morgan fingerprint density at radius 3 is 2.55 bits per heavy atom. The van der Waals surface area contributed by atoms with Gasteiger partial charge in [0.05, 0.1) is 12.6 Å².